The molecule has 0 aliphatic carbocycles. The minimum atomic E-state index is -0.555. The van der Waals surface area contributed by atoms with E-state index in [1.54, 1.807) is 6.92 Å². The normalized spacial score (nSPS) is 22.1. The largest absolute Gasteiger partial charge is 0.485 e. The molecule has 2 N–H and O–H groups in total. The SMILES string of the molecule is CC(=O)N1Cc2ccccc2O[C@@]2(CCCN(C(=O)[C@H](N)Cc3ccccc3)CC2)C1. The molecule has 0 saturated carbocycles. The molecule has 6 nitrogen and oxygen atoms in total. The summed E-state index contributed by atoms with van der Waals surface area (Å²) in [6.07, 6.45) is 2.82. The fourth-order valence-corrected chi connectivity index (χ4v) is 4.67. The zero-order chi connectivity index (χ0) is 21.8. The number of amides is 2. The number of para-hydroxylation sites is 1. The Morgan fingerprint density at radius 1 is 1.03 bits per heavy atom. The van der Waals surface area contributed by atoms with Gasteiger partial charge in [0, 0.05) is 38.5 Å². The van der Waals surface area contributed by atoms with Crippen molar-refractivity contribution >= 4 is 11.8 Å². The summed E-state index contributed by atoms with van der Waals surface area (Å²) >= 11 is 0. The predicted molar refractivity (Wildman–Crippen MR) is 119 cm³/mol. The number of likely N-dealkylation sites (tertiary alicyclic amines) is 1. The van der Waals surface area contributed by atoms with Gasteiger partial charge in [0.25, 0.3) is 0 Å². The Bertz CT molecular complexity index is 933. The van der Waals surface area contributed by atoms with Crippen LogP contribution in [0, 0.1) is 0 Å². The lowest BCUT2D eigenvalue weighted by atomic mass is 9.93. The Kier molecular flexibility index (Phi) is 6.28. The van der Waals surface area contributed by atoms with Gasteiger partial charge in [0.15, 0.2) is 0 Å². The van der Waals surface area contributed by atoms with Gasteiger partial charge in [-0.2, -0.15) is 0 Å². The lowest BCUT2D eigenvalue weighted by Crippen LogP contribution is -2.49. The molecule has 0 aromatic heterocycles. The Balaban J connectivity index is 1.48. The number of carbonyl (C=O) groups is 2. The van der Waals surface area contributed by atoms with Gasteiger partial charge in [-0.1, -0.05) is 48.5 Å². The number of benzene rings is 2. The molecule has 0 bridgehead atoms. The number of fused-ring (bicyclic) bond motifs is 1. The van der Waals surface area contributed by atoms with Gasteiger partial charge in [0.1, 0.15) is 11.4 Å². The van der Waals surface area contributed by atoms with Gasteiger partial charge in [-0.05, 0) is 30.9 Å². The van der Waals surface area contributed by atoms with Crippen molar-refractivity contribution in [2.75, 3.05) is 19.6 Å². The molecule has 0 radical (unpaired) electrons. The molecule has 2 atom stereocenters. The predicted octanol–water partition coefficient (Wildman–Crippen LogP) is 2.75. The molecule has 1 spiro atoms. The Labute approximate surface area is 184 Å². The zero-order valence-corrected chi connectivity index (χ0v) is 18.1. The molecule has 0 unspecified atom stereocenters. The quantitative estimate of drug-likeness (QED) is 0.827. The third kappa shape index (κ3) is 4.90. The number of ether oxygens (including phenoxy) is 1. The zero-order valence-electron chi connectivity index (χ0n) is 18.1. The molecular formula is C25H31N3O3. The van der Waals surface area contributed by atoms with Crippen molar-refractivity contribution in [3.8, 4) is 5.75 Å². The highest BCUT2D eigenvalue weighted by Crippen LogP contribution is 2.35. The summed E-state index contributed by atoms with van der Waals surface area (Å²) in [4.78, 5) is 29.1. The number of hydrogen-bond acceptors (Lipinski definition) is 4. The van der Waals surface area contributed by atoms with E-state index in [4.69, 9.17) is 10.5 Å². The average molecular weight is 422 g/mol. The topological polar surface area (TPSA) is 75.9 Å². The fourth-order valence-electron chi connectivity index (χ4n) is 4.67. The summed E-state index contributed by atoms with van der Waals surface area (Å²) < 4.78 is 6.57. The van der Waals surface area contributed by atoms with Crippen LogP contribution >= 0.6 is 0 Å². The number of rotatable bonds is 3. The maximum Gasteiger partial charge on any atom is 0.239 e. The molecule has 2 aliphatic rings. The van der Waals surface area contributed by atoms with Crippen molar-refractivity contribution in [3.05, 3.63) is 65.7 Å². The second-order valence-corrected chi connectivity index (χ2v) is 8.74. The lowest BCUT2D eigenvalue weighted by Gasteiger charge is -2.35. The summed E-state index contributed by atoms with van der Waals surface area (Å²) in [5, 5.41) is 0. The fraction of sp³-hybridized carbons (Fsp3) is 0.440. The monoisotopic (exact) mass is 421 g/mol. The van der Waals surface area contributed by atoms with Crippen molar-refractivity contribution in [3.63, 3.8) is 0 Å². The molecule has 2 aliphatic heterocycles. The van der Waals surface area contributed by atoms with Gasteiger partial charge in [0.05, 0.1) is 12.6 Å². The Hall–Kier alpha value is -2.86. The van der Waals surface area contributed by atoms with Crippen LogP contribution in [0.25, 0.3) is 0 Å². The van der Waals surface area contributed by atoms with E-state index in [2.05, 4.69) is 0 Å². The van der Waals surface area contributed by atoms with E-state index in [0.29, 0.717) is 39.0 Å². The van der Waals surface area contributed by atoms with E-state index >= 15 is 0 Å². The summed E-state index contributed by atoms with van der Waals surface area (Å²) in [6.45, 7) is 3.94. The van der Waals surface area contributed by atoms with Gasteiger partial charge in [-0.15, -0.1) is 0 Å². The van der Waals surface area contributed by atoms with Gasteiger partial charge >= 0.3 is 0 Å². The third-order valence-electron chi connectivity index (χ3n) is 6.41. The molecule has 2 aromatic carbocycles. The maximum absolute atomic E-state index is 13.1. The van der Waals surface area contributed by atoms with Crippen molar-refractivity contribution in [1.29, 1.82) is 0 Å². The van der Waals surface area contributed by atoms with Gasteiger partial charge in [0.2, 0.25) is 11.8 Å². The number of hydrogen-bond donors (Lipinski definition) is 1. The summed E-state index contributed by atoms with van der Waals surface area (Å²) in [7, 11) is 0. The second-order valence-electron chi connectivity index (χ2n) is 8.74. The number of nitrogens with two attached hydrogens (primary N) is 1. The van der Waals surface area contributed by atoms with E-state index < -0.39 is 11.6 Å². The van der Waals surface area contributed by atoms with Crippen LogP contribution in [0.15, 0.2) is 54.6 Å². The van der Waals surface area contributed by atoms with E-state index in [1.807, 2.05) is 64.4 Å². The van der Waals surface area contributed by atoms with E-state index in [0.717, 1.165) is 29.7 Å². The molecule has 1 saturated heterocycles. The van der Waals surface area contributed by atoms with Crippen molar-refractivity contribution < 1.29 is 14.3 Å². The minimum Gasteiger partial charge on any atom is -0.485 e. The number of carbonyl (C=O) groups excluding carboxylic acids is 2. The van der Waals surface area contributed by atoms with E-state index in [9.17, 15) is 9.59 Å². The minimum absolute atomic E-state index is 0.0154. The van der Waals surface area contributed by atoms with Crippen LogP contribution in [0.5, 0.6) is 5.75 Å². The first-order chi connectivity index (χ1) is 15.0. The molecule has 164 valence electrons. The van der Waals surface area contributed by atoms with Crippen molar-refractivity contribution in [1.82, 2.24) is 9.80 Å². The van der Waals surface area contributed by atoms with Crippen LogP contribution in [0.2, 0.25) is 0 Å². The van der Waals surface area contributed by atoms with Crippen molar-refractivity contribution in [2.24, 2.45) is 5.73 Å². The van der Waals surface area contributed by atoms with Crippen LogP contribution in [0.4, 0.5) is 0 Å². The summed E-state index contributed by atoms with van der Waals surface area (Å²) in [5.74, 6) is 0.867. The first-order valence-electron chi connectivity index (χ1n) is 11.1. The van der Waals surface area contributed by atoms with Crippen LogP contribution in [-0.2, 0) is 22.6 Å². The highest BCUT2D eigenvalue weighted by Gasteiger charge is 2.41. The average Bonchev–Trinajstić information content (AvgIpc) is 3.07. The van der Waals surface area contributed by atoms with E-state index in [1.165, 1.54) is 0 Å². The molecule has 1 fully saturated rings. The molecular weight excluding hydrogens is 390 g/mol. The molecule has 6 heteroatoms. The maximum atomic E-state index is 13.1. The lowest BCUT2D eigenvalue weighted by molar-refractivity contribution is -0.134. The van der Waals surface area contributed by atoms with Gasteiger partial charge in [-0.25, -0.2) is 0 Å². The van der Waals surface area contributed by atoms with Crippen LogP contribution in [0.1, 0.15) is 37.3 Å². The number of nitrogens with zero attached hydrogens (tertiary/aromatic N) is 2. The standard InChI is InChI=1S/C25H31N3O3/c1-19(29)28-17-21-10-5-6-11-23(21)31-25(18-28)12-7-14-27(15-13-25)24(30)22(26)16-20-8-3-2-4-9-20/h2-6,8-11,22H,7,12-18,26H2,1H3/t22-,25-/m1/s1. The second kappa shape index (κ2) is 9.10. The van der Waals surface area contributed by atoms with Crippen LogP contribution in [-0.4, -0.2) is 52.9 Å². The van der Waals surface area contributed by atoms with Crippen molar-refractivity contribution in [2.45, 2.75) is 50.8 Å². The molecule has 31 heavy (non-hydrogen) atoms. The molecule has 2 heterocycles. The highest BCUT2D eigenvalue weighted by molar-refractivity contribution is 5.82. The third-order valence-corrected chi connectivity index (χ3v) is 6.41. The summed E-state index contributed by atoms with van der Waals surface area (Å²) in [6, 6.07) is 17.3. The first-order valence-corrected chi connectivity index (χ1v) is 11.1. The summed E-state index contributed by atoms with van der Waals surface area (Å²) in [5.41, 5.74) is 7.88. The van der Waals surface area contributed by atoms with Crippen LogP contribution < -0.4 is 10.5 Å². The molecule has 4 rings (SSSR count). The molecule has 2 aromatic rings. The van der Waals surface area contributed by atoms with Gasteiger partial charge in [-0.3, -0.25) is 9.59 Å². The van der Waals surface area contributed by atoms with Crippen LogP contribution in [0.3, 0.4) is 0 Å². The Morgan fingerprint density at radius 3 is 2.55 bits per heavy atom. The molecule has 2 amide bonds. The van der Waals surface area contributed by atoms with E-state index in [-0.39, 0.29) is 11.8 Å². The highest BCUT2D eigenvalue weighted by atomic mass is 16.5. The smallest absolute Gasteiger partial charge is 0.239 e. The first kappa shape index (κ1) is 21.4. The van der Waals surface area contributed by atoms with Gasteiger partial charge < -0.3 is 20.3 Å². The Morgan fingerprint density at radius 2 is 1.77 bits per heavy atom.